The minimum atomic E-state index is 0.451. The van der Waals surface area contributed by atoms with Gasteiger partial charge in [0.15, 0.2) is 5.82 Å². The summed E-state index contributed by atoms with van der Waals surface area (Å²) in [6, 6.07) is 9.66. The van der Waals surface area contributed by atoms with Crippen molar-refractivity contribution >= 4 is 45.7 Å². The maximum atomic E-state index is 5.23. The van der Waals surface area contributed by atoms with Crippen LogP contribution in [0.2, 0.25) is 0 Å². The van der Waals surface area contributed by atoms with Crippen molar-refractivity contribution in [3.8, 4) is 16.5 Å². The Bertz CT molecular complexity index is 867. The number of rotatable bonds is 4. The van der Waals surface area contributed by atoms with Gasteiger partial charge in [0.2, 0.25) is 4.77 Å². The number of aromatic nitrogens is 3. The summed E-state index contributed by atoms with van der Waals surface area (Å²) in [5.41, 5.74) is 0.924. The molecule has 2 aromatic heterocycles. The molecule has 0 aliphatic carbocycles. The fourth-order valence-corrected chi connectivity index (χ4v) is 3.29. The van der Waals surface area contributed by atoms with E-state index in [4.69, 9.17) is 17.0 Å². The van der Waals surface area contributed by atoms with Crippen LogP contribution in [0.4, 0.5) is 0 Å². The Hall–Kier alpha value is -1.77. The number of methoxy groups -OCH3 is 1. The largest absolute Gasteiger partial charge is 0.496 e. The topological polar surface area (TPSA) is 55.2 Å². The quantitative estimate of drug-likeness (QED) is 0.529. The van der Waals surface area contributed by atoms with Gasteiger partial charge in [0.25, 0.3) is 0 Å². The van der Waals surface area contributed by atoms with E-state index in [1.165, 1.54) is 0 Å². The van der Waals surface area contributed by atoms with Crippen LogP contribution in [0, 0.1) is 4.77 Å². The SMILES string of the molecule is COc1ccc(/C=N/n2c(-c3cccs3)n[nH]c2=S)cc1Br. The molecule has 0 radical (unpaired) electrons. The zero-order valence-corrected chi connectivity index (χ0v) is 14.7. The van der Waals surface area contributed by atoms with Crippen LogP contribution < -0.4 is 4.74 Å². The average Bonchev–Trinajstić information content (AvgIpc) is 3.15. The van der Waals surface area contributed by atoms with Crippen molar-refractivity contribution in [2.24, 2.45) is 5.10 Å². The van der Waals surface area contributed by atoms with Crippen LogP contribution in [0.5, 0.6) is 5.75 Å². The Balaban J connectivity index is 1.95. The third kappa shape index (κ3) is 3.03. The van der Waals surface area contributed by atoms with E-state index >= 15 is 0 Å². The standard InChI is InChI=1S/C14H11BrN4OS2/c1-20-11-5-4-9(7-10(11)15)8-16-19-13(17-18-14(19)21)12-3-2-6-22-12/h2-8H,1H3,(H,18,21)/b16-8+. The highest BCUT2D eigenvalue weighted by atomic mass is 79.9. The fourth-order valence-electron chi connectivity index (χ4n) is 1.85. The lowest BCUT2D eigenvalue weighted by Crippen LogP contribution is -1.94. The molecule has 1 aromatic carbocycles. The summed E-state index contributed by atoms with van der Waals surface area (Å²) in [6.07, 6.45) is 1.73. The van der Waals surface area contributed by atoms with Gasteiger partial charge < -0.3 is 4.74 Å². The Labute approximate surface area is 144 Å². The molecule has 0 aliphatic heterocycles. The molecule has 3 rings (SSSR count). The van der Waals surface area contributed by atoms with Crippen LogP contribution >= 0.6 is 39.5 Å². The Morgan fingerprint density at radius 3 is 3.00 bits per heavy atom. The molecule has 2 heterocycles. The fraction of sp³-hybridized carbons (Fsp3) is 0.0714. The average molecular weight is 395 g/mol. The molecule has 1 N–H and O–H groups in total. The molecule has 0 spiro atoms. The highest BCUT2D eigenvalue weighted by Gasteiger charge is 2.08. The summed E-state index contributed by atoms with van der Waals surface area (Å²) < 4.78 is 8.14. The first-order valence-corrected chi connectivity index (χ1v) is 8.36. The van der Waals surface area contributed by atoms with Crippen molar-refractivity contribution in [1.29, 1.82) is 0 Å². The van der Waals surface area contributed by atoms with Crippen LogP contribution in [-0.4, -0.2) is 28.2 Å². The van der Waals surface area contributed by atoms with Gasteiger partial charge in [-0.25, -0.2) is 5.10 Å². The van der Waals surface area contributed by atoms with Crippen LogP contribution in [0.25, 0.3) is 10.7 Å². The van der Waals surface area contributed by atoms with Crippen LogP contribution in [0.1, 0.15) is 5.56 Å². The minimum absolute atomic E-state index is 0.451. The monoisotopic (exact) mass is 394 g/mol. The van der Waals surface area contributed by atoms with E-state index in [1.807, 2.05) is 35.7 Å². The smallest absolute Gasteiger partial charge is 0.216 e. The van der Waals surface area contributed by atoms with Gasteiger partial charge in [0, 0.05) is 0 Å². The molecular formula is C14H11BrN4OS2. The van der Waals surface area contributed by atoms with E-state index in [9.17, 15) is 0 Å². The van der Waals surface area contributed by atoms with Crippen LogP contribution in [0.15, 0.2) is 45.3 Å². The highest BCUT2D eigenvalue weighted by Crippen LogP contribution is 2.25. The number of H-pyrrole nitrogens is 1. The molecule has 3 aromatic rings. The molecule has 8 heteroatoms. The van der Waals surface area contributed by atoms with Crippen molar-refractivity contribution in [1.82, 2.24) is 14.9 Å². The minimum Gasteiger partial charge on any atom is -0.496 e. The molecule has 0 aliphatic rings. The number of nitrogens with one attached hydrogen (secondary N) is 1. The van der Waals surface area contributed by atoms with E-state index in [0.29, 0.717) is 10.6 Å². The van der Waals surface area contributed by atoms with E-state index in [0.717, 1.165) is 20.7 Å². The van der Waals surface area contributed by atoms with Gasteiger partial charge in [-0.2, -0.15) is 14.9 Å². The van der Waals surface area contributed by atoms with Crippen molar-refractivity contribution in [2.45, 2.75) is 0 Å². The maximum Gasteiger partial charge on any atom is 0.216 e. The number of thiophene rings is 1. The number of halogens is 1. The lowest BCUT2D eigenvalue weighted by Gasteiger charge is -2.03. The van der Waals surface area contributed by atoms with Gasteiger partial charge in [-0.1, -0.05) is 6.07 Å². The molecule has 0 unspecified atom stereocenters. The Morgan fingerprint density at radius 2 is 2.32 bits per heavy atom. The van der Waals surface area contributed by atoms with E-state index in [-0.39, 0.29) is 0 Å². The third-order valence-corrected chi connectivity index (χ3v) is 4.64. The van der Waals surface area contributed by atoms with Gasteiger partial charge in [0.05, 0.1) is 22.7 Å². The summed E-state index contributed by atoms with van der Waals surface area (Å²) in [6.45, 7) is 0. The molecule has 22 heavy (non-hydrogen) atoms. The van der Waals surface area contributed by atoms with Crippen molar-refractivity contribution in [2.75, 3.05) is 7.11 Å². The first-order chi connectivity index (χ1) is 10.7. The number of benzene rings is 1. The molecule has 0 saturated carbocycles. The summed E-state index contributed by atoms with van der Waals surface area (Å²) in [5.74, 6) is 1.47. The number of ether oxygens (including phenoxy) is 1. The number of aromatic amines is 1. The highest BCUT2D eigenvalue weighted by molar-refractivity contribution is 9.10. The summed E-state index contributed by atoms with van der Waals surface area (Å²) in [4.78, 5) is 1.00. The van der Waals surface area contributed by atoms with Crippen molar-refractivity contribution < 1.29 is 4.74 Å². The first-order valence-electron chi connectivity index (χ1n) is 6.28. The number of nitrogens with zero attached hydrogens (tertiary/aromatic N) is 3. The normalized spacial score (nSPS) is 11.2. The molecule has 0 amide bonds. The Morgan fingerprint density at radius 1 is 1.45 bits per heavy atom. The van der Waals surface area contributed by atoms with E-state index < -0.39 is 0 Å². The van der Waals surface area contributed by atoms with Gasteiger partial charge in [-0.15, -0.1) is 11.3 Å². The van der Waals surface area contributed by atoms with Crippen molar-refractivity contribution in [3.05, 3.63) is 50.5 Å². The van der Waals surface area contributed by atoms with Gasteiger partial charge in [-0.05, 0) is 63.4 Å². The molecule has 5 nitrogen and oxygen atoms in total. The molecular weight excluding hydrogens is 384 g/mol. The summed E-state index contributed by atoms with van der Waals surface area (Å²) >= 11 is 10.3. The predicted octanol–water partition coefficient (Wildman–Crippen LogP) is 4.32. The lowest BCUT2D eigenvalue weighted by atomic mass is 10.2. The van der Waals surface area contributed by atoms with E-state index in [2.05, 4.69) is 31.2 Å². The van der Waals surface area contributed by atoms with Gasteiger partial charge in [-0.3, -0.25) is 0 Å². The zero-order chi connectivity index (χ0) is 15.5. The molecule has 0 bridgehead atoms. The maximum absolute atomic E-state index is 5.23. The third-order valence-electron chi connectivity index (χ3n) is 2.89. The summed E-state index contributed by atoms with van der Waals surface area (Å²) in [5, 5.41) is 13.4. The van der Waals surface area contributed by atoms with Crippen LogP contribution in [-0.2, 0) is 0 Å². The second-order valence-electron chi connectivity index (χ2n) is 4.28. The lowest BCUT2D eigenvalue weighted by molar-refractivity contribution is 0.412. The summed E-state index contributed by atoms with van der Waals surface area (Å²) in [7, 11) is 1.63. The zero-order valence-electron chi connectivity index (χ0n) is 11.5. The van der Waals surface area contributed by atoms with E-state index in [1.54, 1.807) is 29.3 Å². The Kier molecular flexibility index (Phi) is 4.51. The molecule has 112 valence electrons. The number of hydrogen-bond acceptors (Lipinski definition) is 5. The van der Waals surface area contributed by atoms with Crippen LogP contribution in [0.3, 0.4) is 0 Å². The molecule has 0 fully saturated rings. The first kappa shape index (κ1) is 15.1. The van der Waals surface area contributed by atoms with Gasteiger partial charge >= 0.3 is 0 Å². The number of hydrogen-bond donors (Lipinski definition) is 1. The predicted molar refractivity (Wildman–Crippen MR) is 94.4 cm³/mol. The molecule has 0 atom stereocenters. The second kappa shape index (κ2) is 6.55. The molecule has 0 saturated heterocycles. The van der Waals surface area contributed by atoms with Crippen molar-refractivity contribution in [3.63, 3.8) is 0 Å². The van der Waals surface area contributed by atoms with Gasteiger partial charge in [0.1, 0.15) is 5.75 Å². The second-order valence-corrected chi connectivity index (χ2v) is 6.47.